The van der Waals surface area contributed by atoms with Crippen LogP contribution >= 0.6 is 11.6 Å². The molecule has 0 heterocycles. The van der Waals surface area contributed by atoms with Gasteiger partial charge >= 0.3 is 0 Å². The Bertz CT molecular complexity index is 780. The number of anilines is 1. The normalized spacial score (nSPS) is 10.3. The Morgan fingerprint density at radius 2 is 1.69 bits per heavy atom. The molecule has 140 valence electrons. The summed E-state index contributed by atoms with van der Waals surface area (Å²) < 4.78 is 15.7. The van der Waals surface area contributed by atoms with E-state index in [1.54, 1.807) is 26.4 Å². The van der Waals surface area contributed by atoms with Gasteiger partial charge in [-0.05, 0) is 36.2 Å². The third kappa shape index (κ3) is 5.03. The largest absolute Gasteiger partial charge is 0.495 e. The molecule has 2 N–H and O–H groups in total. The Morgan fingerprint density at radius 3 is 2.35 bits per heavy atom. The number of methoxy groups -OCH3 is 3. The lowest BCUT2D eigenvalue weighted by Crippen LogP contribution is -2.27. The van der Waals surface area contributed by atoms with Gasteiger partial charge in [0, 0.05) is 17.6 Å². The van der Waals surface area contributed by atoms with Crippen molar-refractivity contribution < 1.29 is 19.0 Å². The standard InChI is InChI=1S/C19H23ClN2O4/c1-12-7-15(17(25-3)9-14(12)20)22-19(23)11-21-10-13-5-6-16(24-2)18(8-13)26-4/h5-9,21H,10-11H2,1-4H3,(H,22,23). The molecule has 6 nitrogen and oxygen atoms in total. The van der Waals surface area contributed by atoms with Crippen LogP contribution in [0.3, 0.4) is 0 Å². The molecule has 2 aromatic rings. The Hall–Kier alpha value is -2.44. The number of carbonyl (C=O) groups is 1. The van der Waals surface area contributed by atoms with Crippen molar-refractivity contribution in [1.29, 1.82) is 0 Å². The molecule has 0 aromatic heterocycles. The Morgan fingerprint density at radius 1 is 1.00 bits per heavy atom. The monoisotopic (exact) mass is 378 g/mol. The number of amides is 1. The highest BCUT2D eigenvalue weighted by Crippen LogP contribution is 2.31. The van der Waals surface area contributed by atoms with Crippen LogP contribution in [0, 0.1) is 6.92 Å². The fourth-order valence-electron chi connectivity index (χ4n) is 2.44. The number of hydrogen-bond acceptors (Lipinski definition) is 5. The second-order valence-electron chi connectivity index (χ2n) is 5.64. The number of rotatable bonds is 8. The van der Waals surface area contributed by atoms with E-state index in [1.165, 1.54) is 7.11 Å². The summed E-state index contributed by atoms with van der Waals surface area (Å²) in [6.07, 6.45) is 0. The van der Waals surface area contributed by atoms with Crippen LogP contribution in [0.4, 0.5) is 5.69 Å². The van der Waals surface area contributed by atoms with Gasteiger partial charge in [0.15, 0.2) is 11.5 Å². The van der Waals surface area contributed by atoms with Gasteiger partial charge in [-0.3, -0.25) is 4.79 Å². The minimum absolute atomic E-state index is 0.152. The second-order valence-corrected chi connectivity index (χ2v) is 6.05. The zero-order valence-electron chi connectivity index (χ0n) is 15.3. The van der Waals surface area contributed by atoms with E-state index < -0.39 is 0 Å². The SMILES string of the molecule is COc1cc(Cl)c(C)cc1NC(=O)CNCc1ccc(OC)c(OC)c1. The van der Waals surface area contributed by atoms with Crippen LogP contribution in [-0.2, 0) is 11.3 Å². The van der Waals surface area contributed by atoms with Gasteiger partial charge in [0.05, 0.1) is 33.6 Å². The minimum Gasteiger partial charge on any atom is -0.495 e. The highest BCUT2D eigenvalue weighted by Gasteiger charge is 2.10. The third-order valence-electron chi connectivity index (χ3n) is 3.82. The summed E-state index contributed by atoms with van der Waals surface area (Å²) in [6, 6.07) is 9.08. The number of benzene rings is 2. The van der Waals surface area contributed by atoms with Crippen molar-refractivity contribution in [1.82, 2.24) is 5.32 Å². The molecule has 0 radical (unpaired) electrons. The first kappa shape index (κ1) is 19.9. The maximum atomic E-state index is 12.2. The first-order valence-electron chi connectivity index (χ1n) is 8.04. The number of halogens is 1. The summed E-state index contributed by atoms with van der Waals surface area (Å²) in [5.74, 6) is 1.66. The van der Waals surface area contributed by atoms with Crippen LogP contribution in [0.1, 0.15) is 11.1 Å². The maximum absolute atomic E-state index is 12.2. The van der Waals surface area contributed by atoms with E-state index in [2.05, 4.69) is 10.6 Å². The molecule has 0 aliphatic carbocycles. The number of nitrogens with one attached hydrogen (secondary N) is 2. The van der Waals surface area contributed by atoms with Crippen LogP contribution in [0.15, 0.2) is 30.3 Å². The van der Waals surface area contributed by atoms with E-state index in [0.717, 1.165) is 11.1 Å². The first-order valence-corrected chi connectivity index (χ1v) is 8.42. The molecule has 0 fully saturated rings. The van der Waals surface area contributed by atoms with Crippen LogP contribution in [0.25, 0.3) is 0 Å². The smallest absolute Gasteiger partial charge is 0.238 e. The third-order valence-corrected chi connectivity index (χ3v) is 4.22. The Balaban J connectivity index is 1.93. The molecule has 7 heteroatoms. The lowest BCUT2D eigenvalue weighted by Gasteiger charge is -2.13. The van der Waals surface area contributed by atoms with Crippen LogP contribution in [0.5, 0.6) is 17.2 Å². The van der Waals surface area contributed by atoms with Gasteiger partial charge in [-0.1, -0.05) is 17.7 Å². The zero-order chi connectivity index (χ0) is 19.1. The van der Waals surface area contributed by atoms with Gasteiger partial charge in [-0.2, -0.15) is 0 Å². The van der Waals surface area contributed by atoms with Gasteiger partial charge in [0.2, 0.25) is 5.91 Å². The van der Waals surface area contributed by atoms with Crippen molar-refractivity contribution in [3.8, 4) is 17.2 Å². The summed E-state index contributed by atoms with van der Waals surface area (Å²) in [6.45, 7) is 2.54. The Kier molecular flexibility index (Phi) is 7.12. The Labute approximate surface area is 158 Å². The number of carbonyl (C=O) groups excluding carboxylic acids is 1. The number of hydrogen-bond donors (Lipinski definition) is 2. The van der Waals surface area contributed by atoms with Crippen molar-refractivity contribution in [3.63, 3.8) is 0 Å². The van der Waals surface area contributed by atoms with Crippen molar-refractivity contribution >= 4 is 23.2 Å². The molecule has 0 atom stereocenters. The highest BCUT2D eigenvalue weighted by atomic mass is 35.5. The van der Waals surface area contributed by atoms with Crippen molar-refractivity contribution in [2.75, 3.05) is 33.2 Å². The van der Waals surface area contributed by atoms with Gasteiger partial charge in [0.1, 0.15) is 5.75 Å². The van der Waals surface area contributed by atoms with Gasteiger partial charge in [-0.25, -0.2) is 0 Å². The second kappa shape index (κ2) is 9.31. The highest BCUT2D eigenvalue weighted by molar-refractivity contribution is 6.31. The predicted octanol–water partition coefficient (Wildman–Crippen LogP) is 3.40. The molecular weight excluding hydrogens is 356 g/mol. The topological polar surface area (TPSA) is 68.8 Å². The molecule has 0 aliphatic heterocycles. The van der Waals surface area contributed by atoms with Crippen LogP contribution in [0.2, 0.25) is 5.02 Å². The minimum atomic E-state index is -0.175. The first-order chi connectivity index (χ1) is 12.5. The van der Waals surface area contributed by atoms with E-state index in [-0.39, 0.29) is 12.5 Å². The molecule has 1 amide bonds. The number of aryl methyl sites for hydroxylation is 1. The zero-order valence-corrected chi connectivity index (χ0v) is 16.1. The van der Waals surface area contributed by atoms with Crippen molar-refractivity contribution in [2.45, 2.75) is 13.5 Å². The average Bonchev–Trinajstić information content (AvgIpc) is 2.64. The lowest BCUT2D eigenvalue weighted by atomic mass is 10.2. The lowest BCUT2D eigenvalue weighted by molar-refractivity contribution is -0.115. The van der Waals surface area contributed by atoms with Gasteiger partial charge in [0.25, 0.3) is 0 Å². The molecular formula is C19H23ClN2O4. The molecule has 2 rings (SSSR count). The molecule has 0 saturated heterocycles. The quantitative estimate of drug-likeness (QED) is 0.736. The summed E-state index contributed by atoms with van der Waals surface area (Å²) in [4.78, 5) is 12.2. The fraction of sp³-hybridized carbons (Fsp3) is 0.316. The summed E-state index contributed by atoms with van der Waals surface area (Å²) >= 11 is 6.07. The van der Waals surface area contributed by atoms with E-state index >= 15 is 0 Å². The molecule has 0 unspecified atom stereocenters. The number of ether oxygens (including phenoxy) is 3. The van der Waals surface area contributed by atoms with E-state index in [1.807, 2.05) is 25.1 Å². The van der Waals surface area contributed by atoms with E-state index in [9.17, 15) is 4.79 Å². The van der Waals surface area contributed by atoms with Gasteiger partial charge < -0.3 is 24.8 Å². The summed E-state index contributed by atoms with van der Waals surface area (Å²) in [5, 5.41) is 6.51. The predicted molar refractivity (Wildman–Crippen MR) is 103 cm³/mol. The summed E-state index contributed by atoms with van der Waals surface area (Å²) in [7, 11) is 4.71. The molecule has 2 aromatic carbocycles. The van der Waals surface area contributed by atoms with E-state index in [0.29, 0.717) is 34.5 Å². The van der Waals surface area contributed by atoms with Crippen LogP contribution < -0.4 is 24.8 Å². The average molecular weight is 379 g/mol. The molecule has 0 spiro atoms. The van der Waals surface area contributed by atoms with Crippen molar-refractivity contribution in [3.05, 3.63) is 46.5 Å². The molecule has 0 bridgehead atoms. The van der Waals surface area contributed by atoms with Crippen LogP contribution in [-0.4, -0.2) is 33.8 Å². The fourth-order valence-corrected chi connectivity index (χ4v) is 2.59. The summed E-state index contributed by atoms with van der Waals surface area (Å²) in [5.41, 5.74) is 2.43. The molecule has 0 aliphatic rings. The molecule has 26 heavy (non-hydrogen) atoms. The maximum Gasteiger partial charge on any atom is 0.238 e. The van der Waals surface area contributed by atoms with Crippen molar-refractivity contribution in [2.24, 2.45) is 0 Å². The van der Waals surface area contributed by atoms with E-state index in [4.69, 9.17) is 25.8 Å². The molecule has 0 saturated carbocycles. The van der Waals surface area contributed by atoms with Gasteiger partial charge in [-0.15, -0.1) is 0 Å².